The summed E-state index contributed by atoms with van der Waals surface area (Å²) in [6.45, 7) is 10.5. The van der Waals surface area contributed by atoms with E-state index in [1.54, 1.807) is 11.3 Å². The number of benzene rings is 1. The van der Waals surface area contributed by atoms with E-state index in [1.807, 2.05) is 44.3 Å². The summed E-state index contributed by atoms with van der Waals surface area (Å²) < 4.78 is 5.64. The fourth-order valence-electron chi connectivity index (χ4n) is 4.35. The van der Waals surface area contributed by atoms with E-state index in [-0.39, 0.29) is 0 Å². The first-order valence-electron chi connectivity index (χ1n) is 11.1. The predicted octanol–water partition coefficient (Wildman–Crippen LogP) is 5.10. The van der Waals surface area contributed by atoms with Gasteiger partial charge in [0.2, 0.25) is 0 Å². The maximum absolute atomic E-state index is 5.64. The number of thiophene rings is 1. The third-order valence-electron chi connectivity index (χ3n) is 5.83. The van der Waals surface area contributed by atoms with Crippen LogP contribution in [0.15, 0.2) is 48.7 Å². The van der Waals surface area contributed by atoms with Crippen LogP contribution in [0.2, 0.25) is 0 Å². The highest BCUT2D eigenvalue weighted by atomic mass is 32.1. The Morgan fingerprint density at radius 2 is 1.69 bits per heavy atom. The van der Waals surface area contributed by atoms with Gasteiger partial charge in [0.15, 0.2) is 0 Å². The van der Waals surface area contributed by atoms with Gasteiger partial charge in [-0.3, -0.25) is 0 Å². The van der Waals surface area contributed by atoms with E-state index >= 15 is 0 Å². The van der Waals surface area contributed by atoms with Gasteiger partial charge in [0.1, 0.15) is 28.0 Å². The van der Waals surface area contributed by atoms with Crippen molar-refractivity contribution in [1.29, 1.82) is 0 Å². The molecule has 1 fully saturated rings. The van der Waals surface area contributed by atoms with Crippen molar-refractivity contribution in [1.82, 2.24) is 15.0 Å². The van der Waals surface area contributed by atoms with Gasteiger partial charge in [-0.15, -0.1) is 11.3 Å². The average Bonchev–Trinajstić information content (AvgIpc) is 3.15. The SMILES string of the molecule is CCOc1ccc(-c2c(C)sc3nc(C)nc(N4CCN(c5ccccn5)CC4)c23)cc1. The fraction of sp³-hybridized carbons (Fsp3) is 0.320. The molecule has 0 bridgehead atoms. The maximum Gasteiger partial charge on any atom is 0.141 e. The molecule has 164 valence electrons. The highest BCUT2D eigenvalue weighted by molar-refractivity contribution is 7.19. The summed E-state index contributed by atoms with van der Waals surface area (Å²) in [6, 6.07) is 14.5. The smallest absolute Gasteiger partial charge is 0.141 e. The molecule has 0 radical (unpaired) electrons. The minimum Gasteiger partial charge on any atom is -0.494 e. The number of fused-ring (bicyclic) bond motifs is 1. The molecular weight excluding hydrogens is 418 g/mol. The topological polar surface area (TPSA) is 54.4 Å². The lowest BCUT2D eigenvalue weighted by Crippen LogP contribution is -2.47. The summed E-state index contributed by atoms with van der Waals surface area (Å²) >= 11 is 1.75. The second-order valence-corrected chi connectivity index (χ2v) is 9.13. The number of anilines is 2. The average molecular weight is 446 g/mol. The Balaban J connectivity index is 1.51. The molecule has 6 nitrogen and oxygen atoms in total. The lowest BCUT2D eigenvalue weighted by molar-refractivity contribution is 0.340. The zero-order valence-electron chi connectivity index (χ0n) is 18.7. The molecule has 1 saturated heterocycles. The monoisotopic (exact) mass is 445 g/mol. The predicted molar refractivity (Wildman–Crippen MR) is 132 cm³/mol. The van der Waals surface area contributed by atoms with Gasteiger partial charge in [-0.2, -0.15) is 0 Å². The van der Waals surface area contributed by atoms with Gasteiger partial charge in [0, 0.05) is 42.8 Å². The van der Waals surface area contributed by atoms with E-state index in [1.165, 1.54) is 16.0 Å². The van der Waals surface area contributed by atoms with Gasteiger partial charge < -0.3 is 14.5 Å². The highest BCUT2D eigenvalue weighted by Gasteiger charge is 2.25. The summed E-state index contributed by atoms with van der Waals surface area (Å²) in [5, 5.41) is 1.16. The van der Waals surface area contributed by atoms with Crippen LogP contribution in [-0.4, -0.2) is 47.7 Å². The van der Waals surface area contributed by atoms with Crippen molar-refractivity contribution >= 4 is 33.2 Å². The van der Waals surface area contributed by atoms with Crippen LogP contribution in [-0.2, 0) is 0 Å². The van der Waals surface area contributed by atoms with Crippen molar-refractivity contribution in [2.24, 2.45) is 0 Å². The third kappa shape index (κ3) is 3.88. The molecule has 32 heavy (non-hydrogen) atoms. The number of hydrogen-bond acceptors (Lipinski definition) is 7. The Kier molecular flexibility index (Phi) is 5.66. The number of piperazine rings is 1. The van der Waals surface area contributed by atoms with Crippen LogP contribution in [0.3, 0.4) is 0 Å². The molecular formula is C25H27N5OS. The van der Waals surface area contributed by atoms with Gasteiger partial charge in [-0.05, 0) is 50.6 Å². The number of rotatable bonds is 5. The molecule has 1 aliphatic heterocycles. The van der Waals surface area contributed by atoms with Crippen LogP contribution >= 0.6 is 11.3 Å². The molecule has 1 aliphatic rings. The zero-order chi connectivity index (χ0) is 22.1. The second-order valence-electron chi connectivity index (χ2n) is 7.93. The molecule has 4 aromatic rings. The first-order chi connectivity index (χ1) is 15.6. The van der Waals surface area contributed by atoms with Crippen LogP contribution in [0, 0.1) is 13.8 Å². The van der Waals surface area contributed by atoms with Crippen molar-refractivity contribution < 1.29 is 4.74 Å². The molecule has 5 rings (SSSR count). The van der Waals surface area contributed by atoms with Crippen LogP contribution in [0.4, 0.5) is 11.6 Å². The number of pyridine rings is 1. The van der Waals surface area contributed by atoms with Gasteiger partial charge in [0.05, 0.1) is 12.0 Å². The summed E-state index contributed by atoms with van der Waals surface area (Å²) in [5.74, 6) is 3.80. The van der Waals surface area contributed by atoms with Gasteiger partial charge >= 0.3 is 0 Å². The van der Waals surface area contributed by atoms with E-state index in [9.17, 15) is 0 Å². The Morgan fingerprint density at radius 3 is 2.38 bits per heavy atom. The van der Waals surface area contributed by atoms with Crippen LogP contribution in [0.25, 0.3) is 21.3 Å². The molecule has 0 atom stereocenters. The van der Waals surface area contributed by atoms with E-state index < -0.39 is 0 Å². The maximum atomic E-state index is 5.64. The Labute approximate surface area is 192 Å². The van der Waals surface area contributed by atoms with Gasteiger partial charge in [-0.25, -0.2) is 15.0 Å². The van der Waals surface area contributed by atoms with Crippen LogP contribution in [0.5, 0.6) is 5.75 Å². The normalized spacial score (nSPS) is 14.2. The Bertz CT molecular complexity index is 1210. The molecule has 4 heterocycles. The Hall–Kier alpha value is -3.19. The van der Waals surface area contributed by atoms with Crippen LogP contribution < -0.4 is 14.5 Å². The second kappa shape index (κ2) is 8.74. The standard InChI is InChI=1S/C25H27N5OS/c1-4-31-20-10-8-19(9-11-20)22-17(2)32-25-23(22)24(27-18(3)28-25)30-15-13-29(14-16-30)21-7-5-6-12-26-21/h5-12H,4,13-16H2,1-3H3. The first-order valence-corrected chi connectivity index (χ1v) is 11.9. The molecule has 0 unspecified atom stereocenters. The molecule has 0 amide bonds. The van der Waals surface area contributed by atoms with Crippen molar-refractivity contribution in [2.45, 2.75) is 20.8 Å². The van der Waals surface area contributed by atoms with E-state index in [2.05, 4.69) is 39.9 Å². The summed E-state index contributed by atoms with van der Waals surface area (Å²) in [7, 11) is 0. The minimum absolute atomic E-state index is 0.668. The number of aryl methyl sites for hydroxylation is 2. The summed E-state index contributed by atoms with van der Waals surface area (Å²) in [4.78, 5) is 21.3. The lowest BCUT2D eigenvalue weighted by Gasteiger charge is -2.36. The van der Waals surface area contributed by atoms with Crippen LogP contribution in [0.1, 0.15) is 17.6 Å². The third-order valence-corrected chi connectivity index (χ3v) is 6.83. The number of ether oxygens (including phenoxy) is 1. The fourth-order valence-corrected chi connectivity index (χ4v) is 5.43. The van der Waals surface area contributed by atoms with E-state index in [4.69, 9.17) is 14.7 Å². The first kappa shape index (κ1) is 20.7. The van der Waals surface area contributed by atoms with Crippen molar-refractivity contribution in [3.05, 3.63) is 59.4 Å². The number of hydrogen-bond donors (Lipinski definition) is 0. The summed E-state index contributed by atoms with van der Waals surface area (Å²) in [6.07, 6.45) is 1.86. The summed E-state index contributed by atoms with van der Waals surface area (Å²) in [5.41, 5.74) is 2.41. The van der Waals surface area contributed by atoms with Crippen molar-refractivity contribution in [2.75, 3.05) is 42.6 Å². The molecule has 7 heteroatoms. The molecule has 0 aliphatic carbocycles. The molecule has 0 spiro atoms. The van der Waals surface area contributed by atoms with E-state index in [0.717, 1.165) is 59.6 Å². The van der Waals surface area contributed by atoms with Gasteiger partial charge in [-0.1, -0.05) is 18.2 Å². The molecule has 1 aromatic carbocycles. The lowest BCUT2D eigenvalue weighted by atomic mass is 10.0. The zero-order valence-corrected chi connectivity index (χ0v) is 19.5. The van der Waals surface area contributed by atoms with Crippen molar-refractivity contribution in [3.8, 4) is 16.9 Å². The number of aromatic nitrogens is 3. The number of nitrogens with zero attached hydrogens (tertiary/aromatic N) is 5. The van der Waals surface area contributed by atoms with E-state index in [0.29, 0.717) is 6.61 Å². The van der Waals surface area contributed by atoms with Gasteiger partial charge in [0.25, 0.3) is 0 Å². The Morgan fingerprint density at radius 1 is 0.938 bits per heavy atom. The molecule has 0 saturated carbocycles. The largest absolute Gasteiger partial charge is 0.494 e. The molecule has 0 N–H and O–H groups in total. The highest BCUT2D eigenvalue weighted by Crippen LogP contribution is 2.42. The minimum atomic E-state index is 0.668. The quantitative estimate of drug-likeness (QED) is 0.426. The molecule has 3 aromatic heterocycles. The van der Waals surface area contributed by atoms with Crippen molar-refractivity contribution in [3.63, 3.8) is 0 Å².